The number of amides is 1. The summed E-state index contributed by atoms with van der Waals surface area (Å²) in [6.07, 6.45) is 3.69. The van der Waals surface area contributed by atoms with Gasteiger partial charge in [0.25, 0.3) is 5.91 Å². The van der Waals surface area contributed by atoms with E-state index in [2.05, 4.69) is 11.1 Å². The number of hydrogen-bond acceptors (Lipinski definition) is 4. The summed E-state index contributed by atoms with van der Waals surface area (Å²) in [7, 11) is 0. The number of aromatic nitrogens is 3. The van der Waals surface area contributed by atoms with E-state index in [1.165, 1.54) is 0 Å². The van der Waals surface area contributed by atoms with E-state index in [1.54, 1.807) is 22.0 Å². The zero-order chi connectivity index (χ0) is 23.2. The minimum absolute atomic E-state index is 0.176. The fourth-order valence-electron chi connectivity index (χ4n) is 3.73. The molecule has 6 nitrogen and oxygen atoms in total. The van der Waals surface area contributed by atoms with E-state index in [4.69, 9.17) is 10.4 Å². The summed E-state index contributed by atoms with van der Waals surface area (Å²) in [6.45, 7) is 4.72. The van der Waals surface area contributed by atoms with Gasteiger partial charge in [0.05, 0.1) is 23.9 Å². The molecule has 164 valence electrons. The number of pyridine rings is 1. The molecule has 0 atom stereocenters. The Hall–Kier alpha value is -4.24. The van der Waals surface area contributed by atoms with Crippen molar-refractivity contribution in [2.45, 2.75) is 26.8 Å². The lowest BCUT2D eigenvalue weighted by Crippen LogP contribution is -2.33. The van der Waals surface area contributed by atoms with E-state index in [9.17, 15) is 4.79 Å². The number of nitrogens with zero attached hydrogens (tertiary/aromatic N) is 5. The molecule has 4 aromatic rings. The monoisotopic (exact) mass is 435 g/mol. The topological polar surface area (TPSA) is 74.8 Å². The fraction of sp³-hybridized carbons (Fsp3) is 0.185. The van der Waals surface area contributed by atoms with Crippen molar-refractivity contribution in [3.8, 4) is 23.0 Å². The van der Waals surface area contributed by atoms with Gasteiger partial charge in [0.15, 0.2) is 0 Å². The maximum absolute atomic E-state index is 13.8. The van der Waals surface area contributed by atoms with Gasteiger partial charge in [-0.2, -0.15) is 10.4 Å². The molecule has 0 unspecified atom stereocenters. The Bertz CT molecular complexity index is 1290. The molecule has 0 radical (unpaired) electrons. The van der Waals surface area contributed by atoms with Gasteiger partial charge in [0, 0.05) is 31.0 Å². The second-order valence-electron chi connectivity index (χ2n) is 7.98. The Morgan fingerprint density at radius 2 is 1.88 bits per heavy atom. The molecule has 0 bridgehead atoms. The van der Waals surface area contributed by atoms with Crippen LogP contribution in [0.4, 0.5) is 0 Å². The number of nitriles is 1. The normalized spacial score (nSPS) is 10.6. The van der Waals surface area contributed by atoms with Crippen LogP contribution in [-0.2, 0) is 6.54 Å². The molecule has 2 aromatic carbocycles. The van der Waals surface area contributed by atoms with Crippen LogP contribution in [0.15, 0.2) is 79.1 Å². The fourth-order valence-corrected chi connectivity index (χ4v) is 3.73. The third-order valence-electron chi connectivity index (χ3n) is 5.47. The van der Waals surface area contributed by atoms with Gasteiger partial charge in [0.1, 0.15) is 5.69 Å². The first-order chi connectivity index (χ1) is 16.1. The van der Waals surface area contributed by atoms with Gasteiger partial charge >= 0.3 is 0 Å². The summed E-state index contributed by atoms with van der Waals surface area (Å²) in [5.74, 6) is -0.176. The first kappa shape index (κ1) is 22.0. The summed E-state index contributed by atoms with van der Waals surface area (Å²) in [5, 5.41) is 14.0. The van der Waals surface area contributed by atoms with E-state index in [0.717, 1.165) is 33.6 Å². The van der Waals surface area contributed by atoms with E-state index in [0.29, 0.717) is 18.8 Å². The second kappa shape index (κ2) is 9.92. The van der Waals surface area contributed by atoms with E-state index >= 15 is 0 Å². The zero-order valence-corrected chi connectivity index (χ0v) is 18.8. The molecule has 0 saturated carbocycles. The molecule has 33 heavy (non-hydrogen) atoms. The molecule has 2 heterocycles. The largest absolute Gasteiger partial charge is 0.332 e. The second-order valence-corrected chi connectivity index (χ2v) is 7.98. The van der Waals surface area contributed by atoms with Crippen molar-refractivity contribution < 1.29 is 4.79 Å². The Balaban J connectivity index is 1.81. The van der Waals surface area contributed by atoms with Crippen LogP contribution in [0.25, 0.3) is 16.9 Å². The lowest BCUT2D eigenvalue weighted by molar-refractivity contribution is 0.0737. The molecule has 1 amide bonds. The Morgan fingerprint density at radius 1 is 1.06 bits per heavy atom. The quantitative estimate of drug-likeness (QED) is 0.404. The molecule has 0 aliphatic carbocycles. The number of aryl methyl sites for hydroxylation is 2. The highest BCUT2D eigenvalue weighted by atomic mass is 16.2. The molecule has 2 aromatic heterocycles. The van der Waals surface area contributed by atoms with Gasteiger partial charge < -0.3 is 4.90 Å². The third-order valence-corrected chi connectivity index (χ3v) is 5.47. The molecule has 0 spiro atoms. The number of rotatable bonds is 7. The van der Waals surface area contributed by atoms with E-state index in [-0.39, 0.29) is 12.3 Å². The molecule has 6 heteroatoms. The smallest absolute Gasteiger partial charge is 0.272 e. The van der Waals surface area contributed by atoms with Crippen molar-refractivity contribution in [3.05, 3.63) is 102 Å². The summed E-state index contributed by atoms with van der Waals surface area (Å²) < 4.78 is 1.73. The highest BCUT2D eigenvalue weighted by Gasteiger charge is 2.24. The summed E-state index contributed by atoms with van der Waals surface area (Å²) >= 11 is 0. The standard InChI is InChI=1S/C27H25N5O/c1-20-11-12-21(2)25(16-20)32-26(17-24(30-32)23-9-4-3-5-10-23)27(33)31(15-7-13-28)19-22-8-6-14-29-18-22/h3-6,8-12,14,16-18H,7,15,19H2,1-2H3. The van der Waals surface area contributed by atoms with Crippen LogP contribution in [-0.4, -0.2) is 32.1 Å². The molecule has 0 fully saturated rings. The molecule has 0 saturated heterocycles. The maximum atomic E-state index is 13.8. The van der Waals surface area contributed by atoms with Crippen LogP contribution < -0.4 is 0 Å². The number of carbonyl (C=O) groups is 1. The molecular weight excluding hydrogens is 410 g/mol. The van der Waals surface area contributed by atoms with Crippen molar-refractivity contribution in [1.29, 1.82) is 5.26 Å². The minimum atomic E-state index is -0.176. The van der Waals surface area contributed by atoms with Crippen LogP contribution in [0, 0.1) is 25.2 Å². The SMILES string of the molecule is Cc1ccc(C)c(-n2nc(-c3ccccc3)cc2C(=O)N(CCC#N)Cc2cccnc2)c1. The van der Waals surface area contributed by atoms with Crippen molar-refractivity contribution >= 4 is 5.91 Å². The van der Waals surface area contributed by atoms with Crippen LogP contribution in [0.5, 0.6) is 0 Å². The molecular formula is C27H25N5O. The van der Waals surface area contributed by atoms with Crippen molar-refractivity contribution in [1.82, 2.24) is 19.7 Å². The average Bonchev–Trinajstić information content (AvgIpc) is 3.29. The third kappa shape index (κ3) is 4.99. The van der Waals surface area contributed by atoms with Gasteiger partial charge in [0.2, 0.25) is 0 Å². The Morgan fingerprint density at radius 3 is 2.61 bits per heavy atom. The van der Waals surface area contributed by atoms with Crippen molar-refractivity contribution in [2.75, 3.05) is 6.54 Å². The first-order valence-corrected chi connectivity index (χ1v) is 10.8. The van der Waals surface area contributed by atoms with Gasteiger partial charge in [-0.05, 0) is 48.7 Å². The van der Waals surface area contributed by atoms with Crippen LogP contribution in [0.3, 0.4) is 0 Å². The van der Waals surface area contributed by atoms with Gasteiger partial charge in [-0.25, -0.2) is 4.68 Å². The van der Waals surface area contributed by atoms with E-state index in [1.807, 2.05) is 80.6 Å². The summed E-state index contributed by atoms with van der Waals surface area (Å²) in [6, 6.07) is 23.7. The van der Waals surface area contributed by atoms with Crippen LogP contribution in [0.2, 0.25) is 0 Å². The summed E-state index contributed by atoms with van der Waals surface area (Å²) in [5.41, 5.74) is 6.00. The minimum Gasteiger partial charge on any atom is -0.332 e. The summed E-state index contributed by atoms with van der Waals surface area (Å²) in [4.78, 5) is 19.7. The highest BCUT2D eigenvalue weighted by molar-refractivity contribution is 5.94. The van der Waals surface area contributed by atoms with Crippen molar-refractivity contribution in [3.63, 3.8) is 0 Å². The predicted octanol–water partition coefficient (Wildman–Crippen LogP) is 5.11. The first-order valence-electron chi connectivity index (χ1n) is 10.8. The van der Waals surface area contributed by atoms with Crippen LogP contribution >= 0.6 is 0 Å². The highest BCUT2D eigenvalue weighted by Crippen LogP contribution is 2.25. The Kier molecular flexibility index (Phi) is 6.61. The average molecular weight is 436 g/mol. The van der Waals surface area contributed by atoms with Gasteiger partial charge in [-0.3, -0.25) is 9.78 Å². The van der Waals surface area contributed by atoms with Crippen LogP contribution in [0.1, 0.15) is 33.6 Å². The number of carbonyl (C=O) groups excluding carboxylic acids is 1. The van der Waals surface area contributed by atoms with Gasteiger partial charge in [-0.15, -0.1) is 0 Å². The lowest BCUT2D eigenvalue weighted by Gasteiger charge is -2.22. The number of hydrogen-bond donors (Lipinski definition) is 0. The lowest BCUT2D eigenvalue weighted by atomic mass is 10.1. The molecule has 4 rings (SSSR count). The maximum Gasteiger partial charge on any atom is 0.272 e. The Labute approximate surface area is 193 Å². The molecule has 0 aliphatic rings. The molecule has 0 aliphatic heterocycles. The van der Waals surface area contributed by atoms with Gasteiger partial charge in [-0.1, -0.05) is 48.5 Å². The number of benzene rings is 2. The van der Waals surface area contributed by atoms with E-state index < -0.39 is 0 Å². The van der Waals surface area contributed by atoms with Crippen molar-refractivity contribution in [2.24, 2.45) is 0 Å². The molecule has 0 N–H and O–H groups in total. The zero-order valence-electron chi connectivity index (χ0n) is 18.8. The predicted molar refractivity (Wildman–Crippen MR) is 128 cm³/mol.